The Balaban J connectivity index is 1.51. The number of halogens is 1. The van der Waals surface area contributed by atoms with Gasteiger partial charge in [-0.3, -0.25) is 4.68 Å². The Labute approximate surface area is 186 Å². The molecule has 1 fully saturated rings. The van der Waals surface area contributed by atoms with Crippen LogP contribution in [0.5, 0.6) is 5.88 Å². The number of ether oxygens (including phenoxy) is 2. The SMILES string of the molecule is COc1ncc(-n2nc(-c3cnn(CC4CCNCC4)c3)c3c2CCOCC3)cc1CF. The maximum Gasteiger partial charge on any atom is 0.219 e. The highest BCUT2D eigenvalue weighted by Gasteiger charge is 2.24. The second-order valence-electron chi connectivity index (χ2n) is 8.44. The van der Waals surface area contributed by atoms with Crippen LogP contribution in [0.3, 0.4) is 0 Å². The van der Waals surface area contributed by atoms with Crippen LogP contribution in [0.25, 0.3) is 16.9 Å². The maximum absolute atomic E-state index is 13.6. The molecule has 2 aliphatic heterocycles. The van der Waals surface area contributed by atoms with E-state index >= 15 is 0 Å². The Morgan fingerprint density at radius 3 is 2.88 bits per heavy atom. The molecular weight excluding hydrogens is 411 g/mol. The van der Waals surface area contributed by atoms with Crippen LogP contribution in [0.2, 0.25) is 0 Å². The molecule has 1 saturated heterocycles. The number of aromatic nitrogens is 5. The third kappa shape index (κ3) is 4.14. The van der Waals surface area contributed by atoms with E-state index in [1.807, 2.05) is 15.6 Å². The molecule has 0 unspecified atom stereocenters. The summed E-state index contributed by atoms with van der Waals surface area (Å²) < 4.78 is 28.4. The van der Waals surface area contributed by atoms with Crippen LogP contribution < -0.4 is 10.1 Å². The van der Waals surface area contributed by atoms with Crippen LogP contribution >= 0.6 is 0 Å². The predicted octanol–water partition coefficient (Wildman–Crippen LogP) is 2.72. The molecule has 5 rings (SSSR count). The minimum Gasteiger partial charge on any atom is -0.481 e. The number of nitrogens with one attached hydrogen (secondary N) is 1. The van der Waals surface area contributed by atoms with Crippen molar-refractivity contribution in [3.63, 3.8) is 0 Å². The second kappa shape index (κ2) is 9.38. The van der Waals surface area contributed by atoms with E-state index in [-0.39, 0.29) is 0 Å². The molecule has 2 aliphatic rings. The molecule has 32 heavy (non-hydrogen) atoms. The van der Waals surface area contributed by atoms with E-state index in [9.17, 15) is 4.39 Å². The van der Waals surface area contributed by atoms with Crippen molar-refractivity contribution in [1.82, 2.24) is 29.9 Å². The molecule has 170 valence electrons. The third-order valence-electron chi connectivity index (χ3n) is 6.37. The normalized spacial score (nSPS) is 17.2. The first-order valence-corrected chi connectivity index (χ1v) is 11.3. The lowest BCUT2D eigenvalue weighted by atomic mass is 9.98. The number of rotatable bonds is 6. The van der Waals surface area contributed by atoms with Gasteiger partial charge < -0.3 is 14.8 Å². The molecule has 0 aliphatic carbocycles. The van der Waals surface area contributed by atoms with Gasteiger partial charge in [-0.15, -0.1) is 0 Å². The van der Waals surface area contributed by atoms with Gasteiger partial charge in [0.2, 0.25) is 5.88 Å². The molecule has 8 nitrogen and oxygen atoms in total. The lowest BCUT2D eigenvalue weighted by molar-refractivity contribution is 0.145. The van der Waals surface area contributed by atoms with Gasteiger partial charge in [0.05, 0.1) is 49.8 Å². The van der Waals surface area contributed by atoms with Crippen molar-refractivity contribution in [3.05, 3.63) is 41.5 Å². The highest BCUT2D eigenvalue weighted by Crippen LogP contribution is 2.31. The molecule has 9 heteroatoms. The van der Waals surface area contributed by atoms with Crippen molar-refractivity contribution in [2.24, 2.45) is 5.92 Å². The number of piperidine rings is 1. The van der Waals surface area contributed by atoms with Gasteiger partial charge in [0, 0.05) is 35.9 Å². The fourth-order valence-electron chi connectivity index (χ4n) is 4.69. The van der Waals surface area contributed by atoms with E-state index in [0.29, 0.717) is 30.6 Å². The van der Waals surface area contributed by atoms with Gasteiger partial charge in [-0.25, -0.2) is 14.1 Å². The minimum absolute atomic E-state index is 0.303. The number of methoxy groups -OCH3 is 1. The quantitative estimate of drug-likeness (QED) is 0.635. The number of hydrogen-bond donors (Lipinski definition) is 1. The van der Waals surface area contributed by atoms with Crippen LogP contribution in [0.1, 0.15) is 29.7 Å². The highest BCUT2D eigenvalue weighted by molar-refractivity contribution is 5.64. The predicted molar refractivity (Wildman–Crippen MR) is 118 cm³/mol. The lowest BCUT2D eigenvalue weighted by Crippen LogP contribution is -2.29. The zero-order valence-electron chi connectivity index (χ0n) is 18.4. The first-order valence-electron chi connectivity index (χ1n) is 11.3. The molecule has 0 amide bonds. The first kappa shape index (κ1) is 21.1. The summed E-state index contributed by atoms with van der Waals surface area (Å²) in [5.74, 6) is 0.953. The van der Waals surface area contributed by atoms with Crippen molar-refractivity contribution in [2.45, 2.75) is 38.9 Å². The second-order valence-corrected chi connectivity index (χ2v) is 8.44. The zero-order valence-corrected chi connectivity index (χ0v) is 18.4. The Bertz CT molecular complexity index is 1070. The molecule has 3 aromatic rings. The Kier molecular flexibility index (Phi) is 6.18. The van der Waals surface area contributed by atoms with E-state index in [2.05, 4.69) is 21.6 Å². The maximum atomic E-state index is 13.6. The van der Waals surface area contributed by atoms with Gasteiger partial charge in [-0.05, 0) is 44.3 Å². The van der Waals surface area contributed by atoms with E-state index in [4.69, 9.17) is 14.6 Å². The highest BCUT2D eigenvalue weighted by atomic mass is 19.1. The number of hydrogen-bond acceptors (Lipinski definition) is 6. The molecule has 0 aromatic carbocycles. The average Bonchev–Trinajstić information content (AvgIpc) is 3.35. The molecule has 0 spiro atoms. The molecule has 5 heterocycles. The summed E-state index contributed by atoms with van der Waals surface area (Å²) in [5.41, 5.74) is 5.31. The Morgan fingerprint density at radius 1 is 1.22 bits per heavy atom. The summed E-state index contributed by atoms with van der Waals surface area (Å²) in [6.07, 6.45) is 9.56. The third-order valence-corrected chi connectivity index (χ3v) is 6.37. The van der Waals surface area contributed by atoms with Crippen molar-refractivity contribution >= 4 is 0 Å². The van der Waals surface area contributed by atoms with Crippen molar-refractivity contribution in [3.8, 4) is 22.8 Å². The molecule has 0 atom stereocenters. The van der Waals surface area contributed by atoms with E-state index in [1.54, 1.807) is 12.3 Å². The van der Waals surface area contributed by atoms with E-state index < -0.39 is 6.67 Å². The lowest BCUT2D eigenvalue weighted by Gasteiger charge is -2.22. The average molecular weight is 441 g/mol. The van der Waals surface area contributed by atoms with E-state index in [0.717, 1.165) is 55.1 Å². The van der Waals surface area contributed by atoms with Crippen LogP contribution in [-0.2, 0) is 30.8 Å². The summed E-state index contributed by atoms with van der Waals surface area (Å²) in [5, 5.41) is 13.0. The zero-order chi connectivity index (χ0) is 21.9. The Hall–Kier alpha value is -2.78. The van der Waals surface area contributed by atoms with Gasteiger partial charge in [0.25, 0.3) is 0 Å². The number of pyridine rings is 1. The molecule has 3 aromatic heterocycles. The fourth-order valence-corrected chi connectivity index (χ4v) is 4.69. The topological polar surface area (TPSA) is 79.0 Å². The van der Waals surface area contributed by atoms with Crippen molar-refractivity contribution in [2.75, 3.05) is 33.4 Å². The van der Waals surface area contributed by atoms with Gasteiger partial charge in [-0.1, -0.05) is 0 Å². The van der Waals surface area contributed by atoms with Gasteiger partial charge in [0.15, 0.2) is 0 Å². The summed E-state index contributed by atoms with van der Waals surface area (Å²) in [6.45, 7) is 3.72. The Morgan fingerprint density at radius 2 is 2.06 bits per heavy atom. The first-order chi connectivity index (χ1) is 15.8. The molecule has 0 bridgehead atoms. The van der Waals surface area contributed by atoms with E-state index in [1.165, 1.54) is 25.5 Å². The summed E-state index contributed by atoms with van der Waals surface area (Å²) >= 11 is 0. The minimum atomic E-state index is -0.646. The summed E-state index contributed by atoms with van der Waals surface area (Å²) in [6, 6.07) is 1.76. The summed E-state index contributed by atoms with van der Waals surface area (Å²) in [7, 11) is 1.50. The van der Waals surface area contributed by atoms with Crippen LogP contribution in [0.15, 0.2) is 24.7 Å². The van der Waals surface area contributed by atoms with Gasteiger partial charge in [-0.2, -0.15) is 10.2 Å². The van der Waals surface area contributed by atoms with Crippen molar-refractivity contribution < 1.29 is 13.9 Å². The van der Waals surface area contributed by atoms with Crippen LogP contribution in [0, 0.1) is 5.92 Å². The molecule has 1 N–H and O–H groups in total. The molecule has 0 radical (unpaired) electrons. The van der Waals surface area contributed by atoms with Gasteiger partial charge in [0.1, 0.15) is 6.67 Å². The van der Waals surface area contributed by atoms with Crippen molar-refractivity contribution in [1.29, 1.82) is 0 Å². The molecular formula is C23H29FN6O2. The number of alkyl halides is 1. The fraction of sp³-hybridized carbons (Fsp3) is 0.522. The monoisotopic (exact) mass is 440 g/mol. The standard InChI is InChI=1S/C23H29FN6O2/c1-31-23-17(11-24)10-19(13-26-23)30-21-5-9-32-8-4-20(21)22(28-30)18-12-27-29(15-18)14-16-2-6-25-7-3-16/h10,12-13,15-16,25H,2-9,11,14H2,1H3. The number of fused-ring (bicyclic) bond motifs is 1. The summed E-state index contributed by atoms with van der Waals surface area (Å²) in [4.78, 5) is 4.29. The number of nitrogens with zero attached hydrogens (tertiary/aromatic N) is 5. The van der Waals surface area contributed by atoms with Crippen LogP contribution in [-0.4, -0.2) is 58.0 Å². The largest absolute Gasteiger partial charge is 0.481 e. The smallest absolute Gasteiger partial charge is 0.219 e. The molecule has 0 saturated carbocycles. The van der Waals surface area contributed by atoms with Gasteiger partial charge >= 0.3 is 0 Å². The van der Waals surface area contributed by atoms with Crippen LogP contribution in [0.4, 0.5) is 4.39 Å².